The maximum atomic E-state index is 3.82. The third-order valence-corrected chi connectivity index (χ3v) is 2.77. The average Bonchev–Trinajstić information content (AvgIpc) is 2.30. The molecular weight excluding hydrogens is 194 g/mol. The lowest BCUT2D eigenvalue weighted by Gasteiger charge is -2.16. The molecule has 0 aliphatic heterocycles. The predicted molar refractivity (Wildman–Crippen MR) is 71.7 cm³/mol. The lowest BCUT2D eigenvalue weighted by Crippen LogP contribution is -2.20. The molecule has 16 heavy (non-hydrogen) atoms. The molecule has 0 amide bonds. The summed E-state index contributed by atoms with van der Waals surface area (Å²) in [4.78, 5) is 0. The van der Waals surface area contributed by atoms with E-state index < -0.39 is 0 Å². The van der Waals surface area contributed by atoms with Crippen molar-refractivity contribution in [3.63, 3.8) is 0 Å². The van der Waals surface area contributed by atoms with Gasteiger partial charge >= 0.3 is 0 Å². The fraction of sp³-hybridized carbons (Fsp3) is 0.467. The second kappa shape index (κ2) is 7.24. The Balaban J connectivity index is 2.72. The van der Waals surface area contributed by atoms with Crippen LogP contribution in [0.1, 0.15) is 43.9 Å². The first-order valence-electron chi connectivity index (χ1n) is 6.24. The first kappa shape index (κ1) is 13.0. The van der Waals surface area contributed by atoms with Gasteiger partial charge in [-0.25, -0.2) is 0 Å². The molecule has 1 aromatic carbocycles. The van der Waals surface area contributed by atoms with Crippen LogP contribution >= 0.6 is 0 Å². The van der Waals surface area contributed by atoms with Gasteiger partial charge in [0.1, 0.15) is 0 Å². The van der Waals surface area contributed by atoms with Gasteiger partial charge in [0.25, 0.3) is 0 Å². The van der Waals surface area contributed by atoms with Gasteiger partial charge in [0.2, 0.25) is 0 Å². The summed E-state index contributed by atoms with van der Waals surface area (Å²) in [5.74, 6) is 0. The molecule has 0 spiro atoms. The van der Waals surface area contributed by atoms with E-state index in [1.54, 1.807) is 0 Å². The molecule has 1 unspecified atom stereocenters. The number of rotatable bonds is 7. The summed E-state index contributed by atoms with van der Waals surface area (Å²) in [5.41, 5.74) is 2.79. The van der Waals surface area contributed by atoms with Gasteiger partial charge in [-0.3, -0.25) is 0 Å². The fourth-order valence-electron chi connectivity index (χ4n) is 1.96. The predicted octanol–water partition coefficient (Wildman–Crippen LogP) is 3.87. The third-order valence-electron chi connectivity index (χ3n) is 2.77. The molecule has 0 aliphatic rings. The summed E-state index contributed by atoms with van der Waals surface area (Å²) in [6, 6.07) is 9.38. The summed E-state index contributed by atoms with van der Waals surface area (Å²) < 4.78 is 0. The van der Waals surface area contributed by atoms with Crippen molar-refractivity contribution in [2.45, 2.75) is 39.2 Å². The molecule has 1 N–H and O–H groups in total. The number of benzene rings is 1. The standard InChI is InChI=1S/C15H23N/c1-4-7-13-9-11-14(12-10-13)15(8-5-2)16-6-3/h5,9-12,15-16H,2,4,6-8H2,1,3H3. The van der Waals surface area contributed by atoms with Crippen LogP contribution < -0.4 is 5.32 Å². The molecule has 0 heterocycles. The highest BCUT2D eigenvalue weighted by molar-refractivity contribution is 5.25. The minimum absolute atomic E-state index is 0.415. The van der Waals surface area contributed by atoms with E-state index in [0.29, 0.717) is 6.04 Å². The summed E-state index contributed by atoms with van der Waals surface area (Å²) in [6.45, 7) is 9.17. The number of hydrogen-bond donors (Lipinski definition) is 1. The van der Waals surface area contributed by atoms with Crippen LogP contribution in [0, 0.1) is 0 Å². The zero-order valence-corrected chi connectivity index (χ0v) is 10.5. The van der Waals surface area contributed by atoms with Crippen molar-refractivity contribution >= 4 is 0 Å². The molecule has 0 aromatic heterocycles. The van der Waals surface area contributed by atoms with Crippen molar-refractivity contribution in [3.8, 4) is 0 Å². The van der Waals surface area contributed by atoms with E-state index in [1.807, 2.05) is 6.08 Å². The van der Waals surface area contributed by atoms with Crippen molar-refractivity contribution < 1.29 is 0 Å². The molecule has 0 fully saturated rings. The summed E-state index contributed by atoms with van der Waals surface area (Å²) in [7, 11) is 0. The van der Waals surface area contributed by atoms with Crippen molar-refractivity contribution in [2.75, 3.05) is 6.54 Å². The molecule has 88 valence electrons. The Morgan fingerprint density at radius 1 is 1.25 bits per heavy atom. The lowest BCUT2D eigenvalue weighted by molar-refractivity contribution is 0.559. The van der Waals surface area contributed by atoms with Gasteiger partial charge in [-0.2, -0.15) is 0 Å². The Bertz CT molecular complexity index is 300. The quantitative estimate of drug-likeness (QED) is 0.684. The summed E-state index contributed by atoms with van der Waals surface area (Å²) >= 11 is 0. The van der Waals surface area contributed by atoms with E-state index in [9.17, 15) is 0 Å². The highest BCUT2D eigenvalue weighted by atomic mass is 14.9. The van der Waals surface area contributed by atoms with E-state index in [1.165, 1.54) is 24.0 Å². The van der Waals surface area contributed by atoms with Crippen LogP contribution in [0.5, 0.6) is 0 Å². The number of nitrogens with one attached hydrogen (secondary N) is 1. The smallest absolute Gasteiger partial charge is 0.0354 e. The SMILES string of the molecule is C=CCC(NCC)c1ccc(CCC)cc1. The highest BCUT2D eigenvalue weighted by Gasteiger charge is 2.07. The van der Waals surface area contributed by atoms with E-state index >= 15 is 0 Å². The van der Waals surface area contributed by atoms with E-state index in [-0.39, 0.29) is 0 Å². The molecule has 0 aliphatic carbocycles. The Kier molecular flexibility index (Phi) is 5.87. The molecular formula is C15H23N. The second-order valence-electron chi connectivity index (χ2n) is 4.13. The average molecular weight is 217 g/mol. The first-order valence-corrected chi connectivity index (χ1v) is 6.24. The monoisotopic (exact) mass is 217 g/mol. The second-order valence-corrected chi connectivity index (χ2v) is 4.13. The normalized spacial score (nSPS) is 12.4. The summed E-state index contributed by atoms with van der Waals surface area (Å²) in [5, 5.41) is 3.48. The molecule has 1 rings (SSSR count). The van der Waals surface area contributed by atoms with E-state index in [0.717, 1.165) is 13.0 Å². The molecule has 1 atom stereocenters. The van der Waals surface area contributed by atoms with Gasteiger partial charge in [0.15, 0.2) is 0 Å². The lowest BCUT2D eigenvalue weighted by atomic mass is 10.0. The molecule has 0 bridgehead atoms. The van der Waals surface area contributed by atoms with Gasteiger partial charge < -0.3 is 5.32 Å². The molecule has 1 aromatic rings. The van der Waals surface area contributed by atoms with Crippen LogP contribution in [-0.4, -0.2) is 6.54 Å². The van der Waals surface area contributed by atoms with Gasteiger partial charge in [0.05, 0.1) is 0 Å². The fourth-order valence-corrected chi connectivity index (χ4v) is 1.96. The molecule has 1 heteroatoms. The van der Waals surface area contributed by atoms with Crippen molar-refractivity contribution in [3.05, 3.63) is 48.0 Å². The molecule has 0 radical (unpaired) electrons. The minimum atomic E-state index is 0.415. The van der Waals surface area contributed by atoms with Crippen molar-refractivity contribution in [2.24, 2.45) is 0 Å². The largest absolute Gasteiger partial charge is 0.310 e. The van der Waals surface area contributed by atoms with Crippen LogP contribution in [-0.2, 0) is 6.42 Å². The van der Waals surface area contributed by atoms with Gasteiger partial charge in [-0.05, 0) is 30.5 Å². The molecule has 0 saturated carbocycles. The number of aryl methyl sites for hydroxylation is 1. The van der Waals surface area contributed by atoms with Gasteiger partial charge in [-0.1, -0.05) is 50.6 Å². The Hall–Kier alpha value is -1.08. The zero-order valence-electron chi connectivity index (χ0n) is 10.5. The van der Waals surface area contributed by atoms with Crippen LogP contribution in [0.4, 0.5) is 0 Å². The Morgan fingerprint density at radius 3 is 2.44 bits per heavy atom. The van der Waals surface area contributed by atoms with Gasteiger partial charge in [0, 0.05) is 6.04 Å². The summed E-state index contributed by atoms with van der Waals surface area (Å²) in [6.07, 6.45) is 5.35. The van der Waals surface area contributed by atoms with Crippen LogP contribution in [0.25, 0.3) is 0 Å². The maximum absolute atomic E-state index is 3.82. The van der Waals surface area contributed by atoms with Crippen molar-refractivity contribution in [1.29, 1.82) is 0 Å². The highest BCUT2D eigenvalue weighted by Crippen LogP contribution is 2.18. The van der Waals surface area contributed by atoms with E-state index in [4.69, 9.17) is 0 Å². The molecule has 0 saturated heterocycles. The van der Waals surface area contributed by atoms with Crippen molar-refractivity contribution in [1.82, 2.24) is 5.32 Å². The topological polar surface area (TPSA) is 12.0 Å². The first-order chi connectivity index (χ1) is 7.81. The molecule has 1 nitrogen and oxygen atoms in total. The van der Waals surface area contributed by atoms with Crippen LogP contribution in [0.15, 0.2) is 36.9 Å². The van der Waals surface area contributed by atoms with Gasteiger partial charge in [-0.15, -0.1) is 6.58 Å². The Labute approximate surface area is 99.6 Å². The zero-order chi connectivity index (χ0) is 11.8. The minimum Gasteiger partial charge on any atom is -0.310 e. The number of hydrogen-bond acceptors (Lipinski definition) is 1. The Morgan fingerprint density at radius 2 is 1.94 bits per heavy atom. The maximum Gasteiger partial charge on any atom is 0.0354 e. The van der Waals surface area contributed by atoms with E-state index in [2.05, 4.69) is 50.0 Å². The van der Waals surface area contributed by atoms with Crippen LogP contribution in [0.3, 0.4) is 0 Å². The third kappa shape index (κ3) is 3.82. The van der Waals surface area contributed by atoms with Crippen LogP contribution in [0.2, 0.25) is 0 Å².